The van der Waals surface area contributed by atoms with Gasteiger partial charge >= 0.3 is 0 Å². The Morgan fingerprint density at radius 2 is 1.83 bits per heavy atom. The van der Waals surface area contributed by atoms with Crippen LogP contribution in [-0.2, 0) is 19.9 Å². The van der Waals surface area contributed by atoms with Crippen molar-refractivity contribution in [3.05, 3.63) is 40.3 Å². The fraction of sp³-hybridized carbons (Fsp3) is 0.500. The highest BCUT2D eigenvalue weighted by atomic mass is 15.1. The van der Waals surface area contributed by atoms with Crippen molar-refractivity contribution in [2.75, 3.05) is 18.0 Å². The molecule has 0 saturated carbocycles. The Morgan fingerprint density at radius 3 is 2.57 bits per heavy atom. The lowest BCUT2D eigenvalue weighted by molar-refractivity contribution is -0.661. The standard InChI is InChI=1S/C20H26N3/c1-13-12-22(4)19(15(3)21-13)18-11-16-7-5-9-23-10-6-8-17(14(18)2)20(16)23/h11-12H,5-10H2,1-4H3/q+1. The Kier molecular flexibility index (Phi) is 3.40. The zero-order chi connectivity index (χ0) is 16.1. The van der Waals surface area contributed by atoms with Gasteiger partial charge in [-0.15, -0.1) is 0 Å². The van der Waals surface area contributed by atoms with Gasteiger partial charge in [0, 0.05) is 18.8 Å². The lowest BCUT2D eigenvalue weighted by atomic mass is 9.85. The monoisotopic (exact) mass is 308 g/mol. The van der Waals surface area contributed by atoms with Crippen molar-refractivity contribution in [2.45, 2.75) is 46.5 Å². The normalized spacial score (nSPS) is 16.4. The third-order valence-corrected chi connectivity index (χ3v) is 5.49. The number of aromatic nitrogens is 2. The van der Waals surface area contributed by atoms with Crippen LogP contribution < -0.4 is 9.47 Å². The van der Waals surface area contributed by atoms with E-state index < -0.39 is 0 Å². The molecule has 0 radical (unpaired) electrons. The molecular weight excluding hydrogens is 282 g/mol. The summed E-state index contributed by atoms with van der Waals surface area (Å²) in [6, 6.07) is 2.45. The molecule has 120 valence electrons. The fourth-order valence-corrected chi connectivity index (χ4v) is 4.59. The number of nitrogens with zero attached hydrogens (tertiary/aromatic N) is 3. The average Bonchev–Trinajstić information content (AvgIpc) is 2.51. The minimum Gasteiger partial charge on any atom is -0.371 e. The van der Waals surface area contributed by atoms with Crippen LogP contribution in [0, 0.1) is 20.8 Å². The summed E-state index contributed by atoms with van der Waals surface area (Å²) < 4.78 is 2.25. The van der Waals surface area contributed by atoms with E-state index in [2.05, 4.69) is 49.5 Å². The number of benzene rings is 1. The third-order valence-electron chi connectivity index (χ3n) is 5.49. The van der Waals surface area contributed by atoms with E-state index in [1.807, 2.05) is 0 Å². The molecule has 23 heavy (non-hydrogen) atoms. The van der Waals surface area contributed by atoms with Crippen LogP contribution in [0.5, 0.6) is 0 Å². The Bertz CT molecular complexity index is 767. The van der Waals surface area contributed by atoms with Gasteiger partial charge < -0.3 is 4.90 Å². The Hall–Kier alpha value is -1.90. The summed E-state index contributed by atoms with van der Waals surface area (Å²) >= 11 is 0. The van der Waals surface area contributed by atoms with Gasteiger partial charge in [-0.1, -0.05) is 0 Å². The molecule has 2 aliphatic heterocycles. The lowest BCUT2D eigenvalue weighted by Crippen LogP contribution is -2.36. The topological polar surface area (TPSA) is 20.0 Å². The summed E-state index contributed by atoms with van der Waals surface area (Å²) in [5.74, 6) is 0. The Labute approximate surface area is 139 Å². The van der Waals surface area contributed by atoms with Gasteiger partial charge in [-0.2, -0.15) is 4.57 Å². The molecule has 0 unspecified atom stereocenters. The van der Waals surface area contributed by atoms with E-state index >= 15 is 0 Å². The van der Waals surface area contributed by atoms with Crippen LogP contribution in [0.15, 0.2) is 12.3 Å². The van der Waals surface area contributed by atoms with E-state index in [-0.39, 0.29) is 0 Å². The molecule has 0 saturated heterocycles. The van der Waals surface area contributed by atoms with Crippen molar-refractivity contribution < 1.29 is 4.57 Å². The summed E-state index contributed by atoms with van der Waals surface area (Å²) in [4.78, 5) is 7.34. The van der Waals surface area contributed by atoms with Gasteiger partial charge in [-0.05, 0) is 69.2 Å². The maximum Gasteiger partial charge on any atom is 0.233 e. The smallest absolute Gasteiger partial charge is 0.233 e. The molecule has 3 heteroatoms. The van der Waals surface area contributed by atoms with Crippen LogP contribution in [0.3, 0.4) is 0 Å². The summed E-state index contributed by atoms with van der Waals surface area (Å²) in [5, 5.41) is 0. The second-order valence-electron chi connectivity index (χ2n) is 7.16. The molecule has 2 aromatic rings. The van der Waals surface area contributed by atoms with Gasteiger partial charge in [0.1, 0.15) is 18.4 Å². The van der Waals surface area contributed by atoms with Crippen molar-refractivity contribution in [3.8, 4) is 11.3 Å². The van der Waals surface area contributed by atoms with Gasteiger partial charge in [0.25, 0.3) is 0 Å². The molecule has 0 fully saturated rings. The highest BCUT2D eigenvalue weighted by molar-refractivity contribution is 5.75. The maximum absolute atomic E-state index is 4.72. The SMILES string of the molecule is Cc1c[n+](C)c(-c2cc3c4c(c2C)CCCN4CCC3)c(C)n1. The first-order valence-electron chi connectivity index (χ1n) is 8.81. The summed E-state index contributed by atoms with van der Waals surface area (Å²) in [5.41, 5.74) is 11.0. The number of hydrogen-bond donors (Lipinski definition) is 0. The van der Waals surface area contributed by atoms with Crippen molar-refractivity contribution in [1.82, 2.24) is 4.98 Å². The molecule has 0 N–H and O–H groups in total. The zero-order valence-electron chi connectivity index (χ0n) is 14.7. The Balaban J connectivity index is 1.98. The summed E-state index contributed by atoms with van der Waals surface area (Å²) in [7, 11) is 2.15. The van der Waals surface area contributed by atoms with Crippen molar-refractivity contribution in [2.24, 2.45) is 7.05 Å². The molecule has 2 aliphatic rings. The third kappa shape index (κ3) is 2.25. The average molecular weight is 308 g/mol. The van der Waals surface area contributed by atoms with E-state index in [4.69, 9.17) is 4.98 Å². The molecule has 0 aliphatic carbocycles. The van der Waals surface area contributed by atoms with Gasteiger partial charge in [0.2, 0.25) is 5.69 Å². The molecule has 0 amide bonds. The molecule has 1 aromatic carbocycles. The van der Waals surface area contributed by atoms with Crippen molar-refractivity contribution in [1.29, 1.82) is 0 Å². The molecule has 1 aromatic heterocycles. The highest BCUT2D eigenvalue weighted by Gasteiger charge is 2.29. The largest absolute Gasteiger partial charge is 0.371 e. The predicted octanol–water partition coefficient (Wildman–Crippen LogP) is 3.20. The van der Waals surface area contributed by atoms with Crippen LogP contribution in [-0.4, -0.2) is 18.1 Å². The van der Waals surface area contributed by atoms with Crippen LogP contribution in [0.2, 0.25) is 0 Å². The second-order valence-corrected chi connectivity index (χ2v) is 7.16. The molecule has 3 nitrogen and oxygen atoms in total. The molecular formula is C20H26N3+. The predicted molar refractivity (Wildman–Crippen MR) is 93.9 cm³/mol. The van der Waals surface area contributed by atoms with Gasteiger partial charge in [-0.25, -0.2) is 4.98 Å². The van der Waals surface area contributed by atoms with Crippen molar-refractivity contribution in [3.63, 3.8) is 0 Å². The van der Waals surface area contributed by atoms with E-state index in [9.17, 15) is 0 Å². The fourth-order valence-electron chi connectivity index (χ4n) is 4.59. The summed E-state index contributed by atoms with van der Waals surface area (Å²) in [6.07, 6.45) is 7.15. The van der Waals surface area contributed by atoms with Gasteiger partial charge in [0.05, 0.1) is 5.56 Å². The first-order chi connectivity index (χ1) is 11.1. The summed E-state index contributed by atoms with van der Waals surface area (Å²) in [6.45, 7) is 8.98. The van der Waals surface area contributed by atoms with Crippen LogP contribution >= 0.6 is 0 Å². The molecule has 0 spiro atoms. The van der Waals surface area contributed by atoms with Crippen LogP contribution in [0.1, 0.15) is 40.9 Å². The maximum atomic E-state index is 4.72. The van der Waals surface area contributed by atoms with E-state index in [0.29, 0.717) is 0 Å². The quantitative estimate of drug-likeness (QED) is 0.754. The van der Waals surface area contributed by atoms with Crippen LogP contribution in [0.4, 0.5) is 5.69 Å². The van der Waals surface area contributed by atoms with Gasteiger partial charge in [0.15, 0.2) is 6.20 Å². The number of anilines is 1. The van der Waals surface area contributed by atoms with E-state index in [0.717, 1.165) is 11.4 Å². The zero-order valence-corrected chi connectivity index (χ0v) is 14.7. The van der Waals surface area contributed by atoms with E-state index in [1.165, 1.54) is 55.6 Å². The first kappa shape index (κ1) is 14.7. The number of hydrogen-bond acceptors (Lipinski definition) is 2. The van der Waals surface area contributed by atoms with Crippen LogP contribution in [0.25, 0.3) is 11.3 Å². The molecule has 4 rings (SSSR count). The number of aryl methyl sites for hydroxylation is 4. The lowest BCUT2D eigenvalue weighted by Gasteiger charge is -2.38. The van der Waals surface area contributed by atoms with Gasteiger partial charge in [-0.3, -0.25) is 0 Å². The molecule has 0 atom stereocenters. The van der Waals surface area contributed by atoms with E-state index in [1.54, 1.807) is 16.8 Å². The minimum atomic E-state index is 1.08. The molecule has 3 heterocycles. The number of rotatable bonds is 1. The molecule has 0 bridgehead atoms. The Morgan fingerprint density at radius 1 is 1.09 bits per heavy atom. The van der Waals surface area contributed by atoms with Crippen molar-refractivity contribution >= 4 is 5.69 Å². The first-order valence-corrected chi connectivity index (χ1v) is 8.81. The second kappa shape index (κ2) is 5.33. The minimum absolute atomic E-state index is 1.08. The highest BCUT2D eigenvalue weighted by Crippen LogP contribution is 2.41.